The SMILES string of the molecule is Cc1ccnc2c1N(N)C(C(C)C)N2Cc1ccc(-c2ccccc2-c2nnn[nH]2)cc1. The summed E-state index contributed by atoms with van der Waals surface area (Å²) in [7, 11) is 0. The van der Waals surface area contributed by atoms with E-state index in [9.17, 15) is 0 Å². The Balaban J connectivity index is 1.46. The zero-order chi connectivity index (χ0) is 22.2. The van der Waals surface area contributed by atoms with E-state index in [0.717, 1.165) is 40.3 Å². The molecule has 8 heteroatoms. The van der Waals surface area contributed by atoms with Crippen molar-refractivity contribution in [3.63, 3.8) is 0 Å². The van der Waals surface area contributed by atoms with Gasteiger partial charge in [-0.2, -0.15) is 0 Å². The number of nitrogens with zero attached hydrogens (tertiary/aromatic N) is 6. The molecule has 2 aromatic heterocycles. The van der Waals surface area contributed by atoms with Crippen LogP contribution in [0.1, 0.15) is 25.0 Å². The summed E-state index contributed by atoms with van der Waals surface area (Å²) in [6, 6.07) is 18.7. The number of benzene rings is 2. The number of hydrogen-bond acceptors (Lipinski definition) is 7. The number of hydrazine groups is 1. The molecule has 3 heterocycles. The summed E-state index contributed by atoms with van der Waals surface area (Å²) in [6.45, 7) is 7.19. The minimum Gasteiger partial charge on any atom is -0.329 e. The minimum absolute atomic E-state index is 0.0537. The van der Waals surface area contributed by atoms with E-state index in [2.05, 4.69) is 81.6 Å². The summed E-state index contributed by atoms with van der Waals surface area (Å²) in [4.78, 5) is 6.97. The van der Waals surface area contributed by atoms with Crippen molar-refractivity contribution in [3.8, 4) is 22.5 Å². The number of tetrazole rings is 1. The van der Waals surface area contributed by atoms with Crippen molar-refractivity contribution in [2.24, 2.45) is 11.8 Å². The largest absolute Gasteiger partial charge is 0.329 e. The highest BCUT2D eigenvalue weighted by molar-refractivity contribution is 5.80. The summed E-state index contributed by atoms with van der Waals surface area (Å²) >= 11 is 0. The van der Waals surface area contributed by atoms with Crippen LogP contribution in [0.15, 0.2) is 60.8 Å². The fourth-order valence-electron chi connectivity index (χ4n) is 4.52. The molecule has 1 aliphatic heterocycles. The van der Waals surface area contributed by atoms with Crippen molar-refractivity contribution in [3.05, 3.63) is 71.9 Å². The van der Waals surface area contributed by atoms with E-state index in [1.807, 2.05) is 35.5 Å². The summed E-state index contributed by atoms with van der Waals surface area (Å²) in [5.74, 6) is 8.47. The van der Waals surface area contributed by atoms with Crippen molar-refractivity contribution in [2.75, 3.05) is 9.91 Å². The van der Waals surface area contributed by atoms with Gasteiger partial charge in [-0.3, -0.25) is 5.01 Å². The van der Waals surface area contributed by atoms with E-state index < -0.39 is 0 Å². The second-order valence-corrected chi connectivity index (χ2v) is 8.49. The standard InChI is InChI=1S/C24H26N8/c1-15(2)24-31(23-21(32(24)25)16(3)12-13-26-23)14-17-8-10-18(11-9-17)19-6-4-5-7-20(19)22-27-29-30-28-22/h4-13,15,24H,14,25H2,1-3H3,(H,27,28,29,30). The number of pyridine rings is 1. The molecule has 0 fully saturated rings. The normalized spacial score (nSPS) is 15.5. The number of nitrogens with one attached hydrogen (secondary N) is 1. The third kappa shape index (κ3) is 3.38. The molecular formula is C24H26N8. The molecule has 1 unspecified atom stereocenters. The van der Waals surface area contributed by atoms with Crippen molar-refractivity contribution in [1.82, 2.24) is 25.6 Å². The maximum atomic E-state index is 6.53. The minimum atomic E-state index is 0.0537. The van der Waals surface area contributed by atoms with Crippen LogP contribution >= 0.6 is 0 Å². The molecule has 0 saturated carbocycles. The Labute approximate surface area is 187 Å². The van der Waals surface area contributed by atoms with E-state index in [1.54, 1.807) is 0 Å². The van der Waals surface area contributed by atoms with E-state index in [4.69, 9.17) is 5.84 Å². The second kappa shape index (κ2) is 8.05. The van der Waals surface area contributed by atoms with Gasteiger partial charge in [0.05, 0.1) is 5.69 Å². The molecule has 1 atom stereocenters. The monoisotopic (exact) mass is 426 g/mol. The Hall–Kier alpha value is -3.78. The highest BCUT2D eigenvalue weighted by Crippen LogP contribution is 2.41. The number of nitrogens with two attached hydrogens (primary N) is 1. The van der Waals surface area contributed by atoms with Crippen molar-refractivity contribution < 1.29 is 0 Å². The first-order chi connectivity index (χ1) is 15.5. The Morgan fingerprint density at radius 1 is 1.03 bits per heavy atom. The van der Waals surface area contributed by atoms with Crippen molar-refractivity contribution in [1.29, 1.82) is 0 Å². The van der Waals surface area contributed by atoms with Crippen LogP contribution in [0, 0.1) is 12.8 Å². The maximum Gasteiger partial charge on any atom is 0.180 e. The van der Waals surface area contributed by atoms with Gasteiger partial charge in [0, 0.05) is 18.3 Å². The summed E-state index contributed by atoms with van der Waals surface area (Å²) in [5.41, 5.74) is 6.50. The van der Waals surface area contributed by atoms with Crippen LogP contribution in [0.3, 0.4) is 0 Å². The molecule has 0 bridgehead atoms. The van der Waals surface area contributed by atoms with Gasteiger partial charge >= 0.3 is 0 Å². The van der Waals surface area contributed by atoms with E-state index in [0.29, 0.717) is 11.7 Å². The fourth-order valence-corrected chi connectivity index (χ4v) is 4.52. The highest BCUT2D eigenvalue weighted by atomic mass is 15.6. The van der Waals surface area contributed by atoms with Gasteiger partial charge in [0.2, 0.25) is 0 Å². The van der Waals surface area contributed by atoms with Gasteiger partial charge in [0.25, 0.3) is 0 Å². The lowest BCUT2D eigenvalue weighted by atomic mass is 9.98. The van der Waals surface area contributed by atoms with Crippen LogP contribution in [0.25, 0.3) is 22.5 Å². The summed E-state index contributed by atoms with van der Waals surface area (Å²) in [5, 5.41) is 16.2. The van der Waals surface area contributed by atoms with Crippen molar-refractivity contribution >= 4 is 11.5 Å². The van der Waals surface area contributed by atoms with Crippen LogP contribution in [0.4, 0.5) is 11.5 Å². The van der Waals surface area contributed by atoms with Gasteiger partial charge in [-0.05, 0) is 51.6 Å². The first-order valence-electron chi connectivity index (χ1n) is 10.7. The zero-order valence-corrected chi connectivity index (χ0v) is 18.4. The number of aryl methyl sites for hydroxylation is 1. The molecule has 1 aliphatic rings. The lowest BCUT2D eigenvalue weighted by Crippen LogP contribution is -2.50. The maximum absolute atomic E-state index is 6.53. The number of hydrogen-bond donors (Lipinski definition) is 2. The van der Waals surface area contributed by atoms with Crippen LogP contribution in [0.5, 0.6) is 0 Å². The molecular weight excluding hydrogens is 400 g/mol. The Morgan fingerprint density at radius 2 is 1.78 bits per heavy atom. The third-order valence-electron chi connectivity index (χ3n) is 5.98. The fraction of sp³-hybridized carbons (Fsp3) is 0.250. The Kier molecular flexibility index (Phi) is 5.07. The molecule has 2 aromatic carbocycles. The van der Waals surface area contributed by atoms with Crippen LogP contribution in [-0.2, 0) is 6.54 Å². The predicted octanol–water partition coefficient (Wildman–Crippen LogP) is 3.92. The van der Waals surface area contributed by atoms with Gasteiger partial charge < -0.3 is 4.90 Å². The third-order valence-corrected chi connectivity index (χ3v) is 5.98. The number of aromatic amines is 1. The molecule has 0 aliphatic carbocycles. The molecule has 0 saturated heterocycles. The molecule has 5 rings (SSSR count). The second-order valence-electron chi connectivity index (χ2n) is 8.49. The van der Waals surface area contributed by atoms with Gasteiger partial charge in [0.15, 0.2) is 11.6 Å². The van der Waals surface area contributed by atoms with Gasteiger partial charge in [-0.1, -0.05) is 62.4 Å². The van der Waals surface area contributed by atoms with Crippen LogP contribution < -0.4 is 15.8 Å². The number of anilines is 2. The lowest BCUT2D eigenvalue weighted by Gasteiger charge is -2.33. The van der Waals surface area contributed by atoms with E-state index >= 15 is 0 Å². The number of rotatable bonds is 5. The molecule has 8 nitrogen and oxygen atoms in total. The zero-order valence-electron chi connectivity index (χ0n) is 18.4. The molecule has 0 radical (unpaired) electrons. The van der Waals surface area contributed by atoms with E-state index in [-0.39, 0.29) is 6.17 Å². The topological polar surface area (TPSA) is 99.9 Å². The molecule has 4 aromatic rings. The Bertz CT molecular complexity index is 1220. The van der Waals surface area contributed by atoms with E-state index in [1.165, 1.54) is 5.56 Å². The quantitative estimate of drug-likeness (QED) is 0.467. The van der Waals surface area contributed by atoms with Crippen molar-refractivity contribution in [2.45, 2.75) is 33.5 Å². The summed E-state index contributed by atoms with van der Waals surface area (Å²) < 4.78 is 0. The predicted molar refractivity (Wildman–Crippen MR) is 125 cm³/mol. The van der Waals surface area contributed by atoms with Crippen LogP contribution in [0.2, 0.25) is 0 Å². The highest BCUT2D eigenvalue weighted by Gasteiger charge is 2.38. The number of fused-ring (bicyclic) bond motifs is 1. The Morgan fingerprint density at radius 3 is 2.47 bits per heavy atom. The smallest absolute Gasteiger partial charge is 0.180 e. The molecule has 3 N–H and O–H groups in total. The first kappa shape index (κ1) is 20.1. The molecule has 162 valence electrons. The lowest BCUT2D eigenvalue weighted by molar-refractivity contribution is 0.450. The van der Waals surface area contributed by atoms with Crippen LogP contribution in [-0.4, -0.2) is 31.8 Å². The number of H-pyrrole nitrogens is 1. The summed E-state index contributed by atoms with van der Waals surface area (Å²) in [6.07, 6.45) is 1.91. The van der Waals surface area contributed by atoms with Gasteiger partial charge in [-0.15, -0.1) is 5.10 Å². The van der Waals surface area contributed by atoms with Gasteiger partial charge in [-0.25, -0.2) is 15.9 Å². The number of aromatic nitrogens is 5. The molecule has 0 spiro atoms. The molecule has 0 amide bonds. The average Bonchev–Trinajstić information content (AvgIpc) is 3.42. The molecule has 32 heavy (non-hydrogen) atoms. The van der Waals surface area contributed by atoms with Gasteiger partial charge in [0.1, 0.15) is 6.17 Å². The average molecular weight is 427 g/mol. The first-order valence-corrected chi connectivity index (χ1v) is 10.7.